The van der Waals surface area contributed by atoms with Gasteiger partial charge < -0.3 is 5.73 Å². The molecule has 0 amide bonds. The molecule has 118 valence electrons. The predicted molar refractivity (Wildman–Crippen MR) is 86.1 cm³/mol. The maximum atomic E-state index is 12.8. The Morgan fingerprint density at radius 2 is 2.00 bits per heavy atom. The molecule has 2 rings (SSSR count). The molecule has 1 unspecified atom stereocenters. The van der Waals surface area contributed by atoms with Crippen molar-refractivity contribution < 1.29 is 8.42 Å². The molecule has 0 bridgehead atoms. The summed E-state index contributed by atoms with van der Waals surface area (Å²) < 4.78 is 27.0. The van der Waals surface area contributed by atoms with Gasteiger partial charge in [0.1, 0.15) is 4.90 Å². The zero-order valence-corrected chi connectivity index (χ0v) is 14.5. The Labute approximate surface area is 136 Å². The highest BCUT2D eigenvalue weighted by atomic mass is 35.5. The third-order valence-corrected chi connectivity index (χ3v) is 6.75. The van der Waals surface area contributed by atoms with E-state index in [1.165, 1.54) is 16.4 Å². The molecule has 4 nitrogen and oxygen atoms in total. The summed E-state index contributed by atoms with van der Waals surface area (Å²) in [5.74, 6) is 0.852. The zero-order chi connectivity index (χ0) is 15.8. The fraction of sp³-hybridized carbons (Fsp3) is 0.571. The summed E-state index contributed by atoms with van der Waals surface area (Å²) in [5, 5.41) is 0.535. The lowest BCUT2D eigenvalue weighted by atomic mass is 9.96. The van der Waals surface area contributed by atoms with E-state index < -0.39 is 10.0 Å². The van der Waals surface area contributed by atoms with Crippen molar-refractivity contribution in [3.8, 4) is 0 Å². The third kappa shape index (κ3) is 3.37. The van der Waals surface area contributed by atoms with Crippen LogP contribution in [0.3, 0.4) is 0 Å². The zero-order valence-electron chi connectivity index (χ0n) is 12.1. The molecule has 21 heavy (non-hydrogen) atoms. The van der Waals surface area contributed by atoms with Gasteiger partial charge in [0, 0.05) is 24.7 Å². The fourth-order valence-corrected chi connectivity index (χ4v) is 4.94. The van der Waals surface area contributed by atoms with Gasteiger partial charge in [-0.2, -0.15) is 4.31 Å². The second kappa shape index (κ2) is 6.42. The van der Waals surface area contributed by atoms with Crippen LogP contribution >= 0.6 is 23.2 Å². The Balaban J connectivity index is 2.37. The Hall–Kier alpha value is -0.330. The van der Waals surface area contributed by atoms with Crippen molar-refractivity contribution in [2.24, 2.45) is 17.6 Å². The number of sulfonamides is 1. The van der Waals surface area contributed by atoms with Crippen molar-refractivity contribution in [2.75, 3.05) is 13.1 Å². The van der Waals surface area contributed by atoms with Crippen molar-refractivity contribution in [1.29, 1.82) is 0 Å². The summed E-state index contributed by atoms with van der Waals surface area (Å²) in [6, 6.07) is 2.94. The summed E-state index contributed by atoms with van der Waals surface area (Å²) in [7, 11) is -3.60. The van der Waals surface area contributed by atoms with Gasteiger partial charge in [0.05, 0.1) is 5.02 Å². The smallest absolute Gasteiger partial charge is 0.244 e. The monoisotopic (exact) mass is 350 g/mol. The Morgan fingerprint density at radius 1 is 1.33 bits per heavy atom. The fourth-order valence-electron chi connectivity index (χ4n) is 2.58. The first-order valence-corrected chi connectivity index (χ1v) is 9.15. The van der Waals surface area contributed by atoms with Crippen LogP contribution in [0.15, 0.2) is 17.0 Å². The maximum absolute atomic E-state index is 12.8. The number of hydrogen-bond donors (Lipinski definition) is 1. The molecule has 1 fully saturated rings. The summed E-state index contributed by atoms with van der Waals surface area (Å²) in [4.78, 5) is 0.0958. The lowest BCUT2D eigenvalue weighted by Crippen LogP contribution is -2.30. The largest absolute Gasteiger partial charge is 0.326 e. The van der Waals surface area contributed by atoms with Gasteiger partial charge in [-0.3, -0.25) is 0 Å². The van der Waals surface area contributed by atoms with Crippen LogP contribution < -0.4 is 5.73 Å². The van der Waals surface area contributed by atoms with Gasteiger partial charge in [-0.15, -0.1) is 0 Å². The minimum atomic E-state index is -3.60. The predicted octanol–water partition coefficient (Wildman–Crippen LogP) is 3.12. The van der Waals surface area contributed by atoms with Crippen molar-refractivity contribution in [3.05, 3.63) is 27.7 Å². The molecule has 0 spiro atoms. The highest BCUT2D eigenvalue weighted by Gasteiger charge is 2.35. The summed E-state index contributed by atoms with van der Waals surface area (Å²) in [5.41, 5.74) is 6.17. The van der Waals surface area contributed by atoms with Crippen LogP contribution in [-0.2, 0) is 16.6 Å². The van der Waals surface area contributed by atoms with Crippen LogP contribution in [0, 0.1) is 11.8 Å². The number of hydrogen-bond acceptors (Lipinski definition) is 3. The lowest BCUT2D eigenvalue weighted by Gasteiger charge is -2.19. The molecule has 2 N–H and O–H groups in total. The van der Waals surface area contributed by atoms with Crippen LogP contribution in [0.1, 0.15) is 25.8 Å². The van der Waals surface area contributed by atoms with Crippen LogP contribution in [0.5, 0.6) is 0 Å². The van der Waals surface area contributed by atoms with Crippen molar-refractivity contribution >= 4 is 33.2 Å². The van der Waals surface area contributed by atoms with E-state index >= 15 is 0 Å². The Morgan fingerprint density at radius 3 is 2.52 bits per heavy atom. The number of rotatable bonds is 4. The summed E-state index contributed by atoms with van der Waals surface area (Å²) >= 11 is 12.1. The molecule has 1 aromatic rings. The maximum Gasteiger partial charge on any atom is 0.244 e. The molecular weight excluding hydrogens is 331 g/mol. The van der Waals surface area contributed by atoms with E-state index in [2.05, 4.69) is 13.8 Å². The molecule has 1 heterocycles. The third-order valence-electron chi connectivity index (χ3n) is 4.07. The molecule has 1 aromatic carbocycles. The Bertz CT molecular complexity index is 632. The van der Waals surface area contributed by atoms with Crippen LogP contribution in [0.2, 0.25) is 10.0 Å². The van der Waals surface area contributed by atoms with Crippen LogP contribution in [0.4, 0.5) is 0 Å². The van der Waals surface area contributed by atoms with E-state index in [4.69, 9.17) is 28.9 Å². The number of nitrogens with two attached hydrogens (primary N) is 1. The van der Waals surface area contributed by atoms with Crippen LogP contribution in [0.25, 0.3) is 0 Å². The standard InChI is InChI=1S/C14H20Cl2N2O2S/c1-9(2)10-3-4-18(8-10)21(19,20)14-5-11(7-17)12(15)6-13(14)16/h5-6,9-10H,3-4,7-8,17H2,1-2H3. The molecule has 0 aromatic heterocycles. The molecule has 7 heteroatoms. The lowest BCUT2D eigenvalue weighted by molar-refractivity contribution is 0.388. The van der Waals surface area contributed by atoms with E-state index in [0.717, 1.165) is 6.42 Å². The van der Waals surface area contributed by atoms with E-state index in [-0.39, 0.29) is 16.5 Å². The first kappa shape index (κ1) is 17.0. The average molecular weight is 351 g/mol. The number of halogens is 2. The van der Waals surface area contributed by atoms with E-state index in [9.17, 15) is 8.42 Å². The van der Waals surface area contributed by atoms with Gasteiger partial charge in [-0.05, 0) is 36.0 Å². The van der Waals surface area contributed by atoms with Crippen molar-refractivity contribution in [3.63, 3.8) is 0 Å². The molecule has 1 aliphatic rings. The van der Waals surface area contributed by atoms with E-state index in [0.29, 0.717) is 35.5 Å². The average Bonchev–Trinajstić information content (AvgIpc) is 2.89. The molecular formula is C14H20Cl2N2O2S. The highest BCUT2D eigenvalue weighted by Crippen LogP contribution is 2.34. The summed E-state index contributed by atoms with van der Waals surface area (Å²) in [6.45, 7) is 5.47. The molecule has 0 radical (unpaired) electrons. The Kier molecular flexibility index (Phi) is 5.21. The van der Waals surface area contributed by atoms with Crippen molar-refractivity contribution in [1.82, 2.24) is 4.31 Å². The number of benzene rings is 1. The second-order valence-corrected chi connectivity index (χ2v) is 8.45. The van der Waals surface area contributed by atoms with Gasteiger partial charge in [0.2, 0.25) is 10.0 Å². The molecule has 1 aliphatic heterocycles. The summed E-state index contributed by atoms with van der Waals surface area (Å²) in [6.07, 6.45) is 0.881. The highest BCUT2D eigenvalue weighted by molar-refractivity contribution is 7.89. The normalized spacial score (nSPS) is 20.4. The minimum absolute atomic E-state index is 0.0958. The van der Waals surface area contributed by atoms with Gasteiger partial charge in [-0.1, -0.05) is 37.0 Å². The molecule has 1 atom stereocenters. The molecule has 0 saturated carbocycles. The van der Waals surface area contributed by atoms with Crippen molar-refractivity contribution in [2.45, 2.75) is 31.7 Å². The van der Waals surface area contributed by atoms with Gasteiger partial charge in [0.15, 0.2) is 0 Å². The minimum Gasteiger partial charge on any atom is -0.326 e. The SMILES string of the molecule is CC(C)C1CCN(S(=O)(=O)c2cc(CN)c(Cl)cc2Cl)C1. The first-order chi connectivity index (χ1) is 9.77. The van der Waals surface area contributed by atoms with Gasteiger partial charge >= 0.3 is 0 Å². The van der Waals surface area contributed by atoms with Gasteiger partial charge in [0.25, 0.3) is 0 Å². The number of nitrogens with zero attached hydrogens (tertiary/aromatic N) is 1. The van der Waals surface area contributed by atoms with Gasteiger partial charge in [-0.25, -0.2) is 8.42 Å². The first-order valence-electron chi connectivity index (χ1n) is 6.95. The molecule has 1 saturated heterocycles. The quantitative estimate of drug-likeness (QED) is 0.907. The molecule has 0 aliphatic carbocycles. The second-order valence-electron chi connectivity index (χ2n) is 5.73. The van der Waals surface area contributed by atoms with Crippen LogP contribution in [-0.4, -0.2) is 25.8 Å². The topological polar surface area (TPSA) is 63.4 Å². The van der Waals surface area contributed by atoms with E-state index in [1.807, 2.05) is 0 Å². The van der Waals surface area contributed by atoms with E-state index in [1.54, 1.807) is 0 Å².